The highest BCUT2D eigenvalue weighted by Crippen LogP contribution is 2.16. The fraction of sp³-hybridized carbons (Fsp3) is 0.875. The Balaban J connectivity index is 4.54. The Morgan fingerprint density at radius 2 is 1.86 bits per heavy atom. The predicted octanol–water partition coefficient (Wildman–Crippen LogP) is 2.54. The molecule has 0 rings (SSSR count). The summed E-state index contributed by atoms with van der Waals surface area (Å²) < 4.78 is 0. The van der Waals surface area contributed by atoms with Gasteiger partial charge >= 0.3 is 5.97 Å². The molecular formula is C16H32N2O3. The molecule has 4 atom stereocenters. The Morgan fingerprint density at radius 1 is 1.24 bits per heavy atom. The zero-order valence-electron chi connectivity index (χ0n) is 13.9. The van der Waals surface area contributed by atoms with Crippen LogP contribution in [0.5, 0.6) is 0 Å². The van der Waals surface area contributed by atoms with E-state index >= 15 is 0 Å². The van der Waals surface area contributed by atoms with E-state index in [9.17, 15) is 9.59 Å². The zero-order valence-corrected chi connectivity index (χ0v) is 13.9. The molecule has 21 heavy (non-hydrogen) atoms. The number of rotatable bonds is 11. The first-order valence-corrected chi connectivity index (χ1v) is 8.09. The number of aliphatic carboxylic acids is 1. The van der Waals surface area contributed by atoms with Gasteiger partial charge in [0.1, 0.15) is 0 Å². The molecule has 0 aliphatic rings. The number of carboxylic acid groups (broad SMARTS) is 1. The van der Waals surface area contributed by atoms with Crippen LogP contribution < -0.4 is 11.1 Å². The second-order valence-electron chi connectivity index (χ2n) is 6.20. The Hall–Kier alpha value is -1.10. The summed E-state index contributed by atoms with van der Waals surface area (Å²) in [5.41, 5.74) is 5.90. The van der Waals surface area contributed by atoms with E-state index in [1.807, 2.05) is 13.8 Å². The van der Waals surface area contributed by atoms with Crippen molar-refractivity contribution in [1.82, 2.24) is 5.32 Å². The van der Waals surface area contributed by atoms with Gasteiger partial charge in [0.2, 0.25) is 5.91 Å². The van der Waals surface area contributed by atoms with Crippen LogP contribution in [0.4, 0.5) is 0 Å². The molecule has 5 heteroatoms. The summed E-state index contributed by atoms with van der Waals surface area (Å²) in [5, 5.41) is 11.8. The minimum Gasteiger partial charge on any atom is -0.481 e. The average Bonchev–Trinajstić information content (AvgIpc) is 2.42. The zero-order chi connectivity index (χ0) is 16.4. The van der Waals surface area contributed by atoms with Gasteiger partial charge in [-0.25, -0.2) is 0 Å². The number of hydrogen-bond acceptors (Lipinski definition) is 3. The highest BCUT2D eigenvalue weighted by Gasteiger charge is 2.24. The normalized spacial score (nSPS) is 16.8. The second-order valence-corrected chi connectivity index (χ2v) is 6.20. The van der Waals surface area contributed by atoms with Gasteiger partial charge in [-0.3, -0.25) is 9.59 Å². The lowest BCUT2D eigenvalue weighted by atomic mass is 9.93. The Labute approximate surface area is 128 Å². The third-order valence-corrected chi connectivity index (χ3v) is 4.06. The number of carboxylic acids is 1. The van der Waals surface area contributed by atoms with E-state index in [0.29, 0.717) is 12.3 Å². The smallest absolute Gasteiger partial charge is 0.305 e. The molecule has 0 aliphatic carbocycles. The number of carbonyl (C=O) groups is 2. The third kappa shape index (κ3) is 8.71. The lowest BCUT2D eigenvalue weighted by Gasteiger charge is -2.24. The minimum atomic E-state index is -0.889. The molecule has 4 N–H and O–H groups in total. The van der Waals surface area contributed by atoms with Crippen LogP contribution in [-0.4, -0.2) is 29.1 Å². The molecule has 0 aromatic rings. The van der Waals surface area contributed by atoms with Crippen molar-refractivity contribution in [3.8, 4) is 0 Å². The molecular weight excluding hydrogens is 268 g/mol. The number of hydrogen-bond donors (Lipinski definition) is 3. The molecule has 4 unspecified atom stereocenters. The van der Waals surface area contributed by atoms with Gasteiger partial charge in [-0.15, -0.1) is 0 Å². The van der Waals surface area contributed by atoms with Gasteiger partial charge in [-0.05, 0) is 18.3 Å². The number of carbonyl (C=O) groups excluding carboxylic acids is 1. The lowest BCUT2D eigenvalue weighted by Crippen LogP contribution is -2.49. The molecule has 0 heterocycles. The van der Waals surface area contributed by atoms with Crippen LogP contribution in [-0.2, 0) is 9.59 Å². The van der Waals surface area contributed by atoms with Gasteiger partial charge in [0.25, 0.3) is 0 Å². The molecule has 0 fully saturated rings. The SMILES string of the molecule is CCCCC(C)CC(CC(=O)O)NC(=O)C(N)C(C)CC. The van der Waals surface area contributed by atoms with Gasteiger partial charge in [0.15, 0.2) is 0 Å². The van der Waals surface area contributed by atoms with Crippen molar-refractivity contribution in [2.24, 2.45) is 17.6 Å². The van der Waals surface area contributed by atoms with E-state index in [1.165, 1.54) is 0 Å². The highest BCUT2D eigenvalue weighted by atomic mass is 16.4. The summed E-state index contributed by atoms with van der Waals surface area (Å²) in [4.78, 5) is 23.1. The van der Waals surface area contributed by atoms with Crippen molar-refractivity contribution in [3.63, 3.8) is 0 Å². The van der Waals surface area contributed by atoms with Gasteiger partial charge in [0.05, 0.1) is 12.5 Å². The summed E-state index contributed by atoms with van der Waals surface area (Å²) in [6.07, 6.45) is 4.77. The van der Waals surface area contributed by atoms with Gasteiger partial charge in [-0.2, -0.15) is 0 Å². The number of amides is 1. The van der Waals surface area contributed by atoms with E-state index < -0.39 is 12.0 Å². The average molecular weight is 300 g/mol. The third-order valence-electron chi connectivity index (χ3n) is 4.06. The van der Waals surface area contributed by atoms with Crippen molar-refractivity contribution in [1.29, 1.82) is 0 Å². The first kappa shape index (κ1) is 19.9. The quantitative estimate of drug-likeness (QED) is 0.546. The molecule has 0 aromatic heterocycles. The van der Waals surface area contributed by atoms with Crippen molar-refractivity contribution in [2.45, 2.75) is 78.3 Å². The molecule has 0 aliphatic heterocycles. The molecule has 5 nitrogen and oxygen atoms in total. The molecule has 0 spiro atoms. The summed E-state index contributed by atoms with van der Waals surface area (Å²) in [6, 6.07) is -0.908. The van der Waals surface area contributed by atoms with Crippen LogP contribution in [0.3, 0.4) is 0 Å². The van der Waals surface area contributed by atoms with E-state index in [4.69, 9.17) is 10.8 Å². The number of unbranched alkanes of at least 4 members (excludes halogenated alkanes) is 1. The fourth-order valence-electron chi connectivity index (χ4n) is 2.37. The predicted molar refractivity (Wildman–Crippen MR) is 84.9 cm³/mol. The lowest BCUT2D eigenvalue weighted by molar-refractivity contribution is -0.137. The van der Waals surface area contributed by atoms with E-state index in [0.717, 1.165) is 25.7 Å². The minimum absolute atomic E-state index is 0.0462. The standard InChI is InChI=1S/C16H32N2O3/c1-5-7-8-11(3)9-13(10-14(19)20)18-16(21)15(17)12(4)6-2/h11-13,15H,5-10,17H2,1-4H3,(H,18,21)(H,19,20). The van der Waals surface area contributed by atoms with E-state index in [1.54, 1.807) is 0 Å². The molecule has 0 saturated carbocycles. The van der Waals surface area contributed by atoms with Gasteiger partial charge < -0.3 is 16.2 Å². The van der Waals surface area contributed by atoms with Crippen molar-refractivity contribution in [2.75, 3.05) is 0 Å². The first-order valence-electron chi connectivity index (χ1n) is 8.09. The maximum atomic E-state index is 12.1. The monoisotopic (exact) mass is 300 g/mol. The van der Waals surface area contributed by atoms with Crippen LogP contribution in [0.1, 0.15) is 66.2 Å². The number of nitrogens with one attached hydrogen (secondary N) is 1. The topological polar surface area (TPSA) is 92.4 Å². The van der Waals surface area contributed by atoms with Gasteiger partial charge in [0, 0.05) is 6.04 Å². The molecule has 0 bridgehead atoms. The second kappa shape index (κ2) is 10.6. The van der Waals surface area contributed by atoms with E-state index in [-0.39, 0.29) is 24.3 Å². The van der Waals surface area contributed by atoms with Crippen molar-refractivity contribution < 1.29 is 14.7 Å². The van der Waals surface area contributed by atoms with E-state index in [2.05, 4.69) is 19.2 Å². The summed E-state index contributed by atoms with van der Waals surface area (Å²) in [5.74, 6) is -0.638. The number of nitrogens with two attached hydrogens (primary N) is 1. The van der Waals surface area contributed by atoms with Crippen LogP contribution in [0, 0.1) is 11.8 Å². The maximum Gasteiger partial charge on any atom is 0.305 e. The summed E-state index contributed by atoms with van der Waals surface area (Å²) >= 11 is 0. The largest absolute Gasteiger partial charge is 0.481 e. The highest BCUT2D eigenvalue weighted by molar-refractivity contribution is 5.82. The summed E-state index contributed by atoms with van der Waals surface area (Å²) in [7, 11) is 0. The Morgan fingerprint density at radius 3 is 2.33 bits per heavy atom. The molecule has 124 valence electrons. The molecule has 0 radical (unpaired) electrons. The Bertz CT molecular complexity index is 321. The maximum absolute atomic E-state index is 12.1. The fourth-order valence-corrected chi connectivity index (χ4v) is 2.37. The molecule has 0 saturated heterocycles. The van der Waals surface area contributed by atoms with Crippen LogP contribution in [0.25, 0.3) is 0 Å². The van der Waals surface area contributed by atoms with Crippen LogP contribution in [0.15, 0.2) is 0 Å². The van der Waals surface area contributed by atoms with Gasteiger partial charge in [-0.1, -0.05) is 53.4 Å². The summed E-state index contributed by atoms with van der Waals surface area (Å²) in [6.45, 7) is 8.15. The van der Waals surface area contributed by atoms with Crippen molar-refractivity contribution >= 4 is 11.9 Å². The van der Waals surface area contributed by atoms with Crippen LogP contribution >= 0.6 is 0 Å². The van der Waals surface area contributed by atoms with Crippen molar-refractivity contribution in [3.05, 3.63) is 0 Å². The molecule has 0 aromatic carbocycles. The first-order chi connectivity index (χ1) is 9.81. The Kier molecular flexibility index (Phi) is 10.0. The van der Waals surface area contributed by atoms with Crippen LogP contribution in [0.2, 0.25) is 0 Å². The molecule has 1 amide bonds.